The van der Waals surface area contributed by atoms with E-state index in [0.29, 0.717) is 10.7 Å². The average Bonchev–Trinajstić information content (AvgIpc) is 2.83. The molecule has 0 spiro atoms. The number of nitrogens with zero attached hydrogens (tertiary/aromatic N) is 2. The van der Waals surface area contributed by atoms with E-state index in [4.69, 9.17) is 11.6 Å². The predicted molar refractivity (Wildman–Crippen MR) is 81.4 cm³/mol. The average molecular weight is 415 g/mol. The molecule has 98 valence electrons. The van der Waals surface area contributed by atoms with Gasteiger partial charge in [-0.25, -0.2) is 0 Å². The summed E-state index contributed by atoms with van der Waals surface area (Å²) in [4.78, 5) is 0.818. The lowest BCUT2D eigenvalue weighted by atomic mass is 10.2. The molecule has 2 rings (SSSR count). The van der Waals surface area contributed by atoms with Crippen molar-refractivity contribution in [3.63, 3.8) is 0 Å². The van der Waals surface area contributed by atoms with Gasteiger partial charge < -0.3 is 5.11 Å². The summed E-state index contributed by atoms with van der Waals surface area (Å²) in [6.45, 7) is 4.00. The van der Waals surface area contributed by atoms with Crippen molar-refractivity contribution in [3.05, 3.63) is 36.1 Å². The van der Waals surface area contributed by atoms with Crippen LogP contribution in [0.5, 0.6) is 0 Å². The Hall–Kier alpha value is 0.120. The van der Waals surface area contributed by atoms with Gasteiger partial charge in [-0.3, -0.25) is 4.68 Å². The molecular formula is C11H11Br2ClN2OS. The van der Waals surface area contributed by atoms with E-state index in [1.807, 2.05) is 19.9 Å². The second-order valence-electron chi connectivity index (χ2n) is 4.09. The quantitative estimate of drug-likeness (QED) is 0.785. The first-order chi connectivity index (χ1) is 8.41. The van der Waals surface area contributed by atoms with E-state index in [1.165, 1.54) is 11.3 Å². The van der Waals surface area contributed by atoms with E-state index >= 15 is 0 Å². The summed E-state index contributed by atoms with van der Waals surface area (Å²) in [5.41, 5.74) is 0.632. The summed E-state index contributed by atoms with van der Waals surface area (Å²) < 4.78 is 3.62. The van der Waals surface area contributed by atoms with Crippen LogP contribution in [0.25, 0.3) is 0 Å². The van der Waals surface area contributed by atoms with E-state index in [0.717, 1.165) is 13.1 Å². The Morgan fingerprint density at radius 1 is 1.44 bits per heavy atom. The van der Waals surface area contributed by atoms with E-state index < -0.39 is 6.10 Å². The van der Waals surface area contributed by atoms with Crippen molar-refractivity contribution < 1.29 is 5.11 Å². The van der Waals surface area contributed by atoms with Crippen molar-refractivity contribution in [2.75, 3.05) is 0 Å². The molecule has 0 saturated heterocycles. The van der Waals surface area contributed by atoms with Crippen LogP contribution in [-0.4, -0.2) is 14.9 Å². The molecule has 2 aromatic heterocycles. The molecule has 1 atom stereocenters. The monoisotopic (exact) mass is 412 g/mol. The fourth-order valence-electron chi connectivity index (χ4n) is 1.65. The van der Waals surface area contributed by atoms with Gasteiger partial charge in [0.05, 0.1) is 20.7 Å². The zero-order chi connectivity index (χ0) is 13.4. The van der Waals surface area contributed by atoms with Gasteiger partial charge in [-0.05, 0) is 51.8 Å². The van der Waals surface area contributed by atoms with Crippen molar-refractivity contribution >= 4 is 54.8 Å². The number of hydrogen-bond acceptors (Lipinski definition) is 3. The van der Waals surface area contributed by atoms with Gasteiger partial charge in [-0.2, -0.15) is 5.10 Å². The van der Waals surface area contributed by atoms with Crippen LogP contribution in [-0.2, 0) is 0 Å². The number of rotatable bonds is 3. The number of aliphatic hydroxyl groups excluding tert-OH is 1. The lowest BCUT2D eigenvalue weighted by Crippen LogP contribution is -2.11. The molecule has 18 heavy (non-hydrogen) atoms. The number of halogens is 3. The SMILES string of the molecule is CC(C)n1ncc(Cl)c1C(O)c1cc(Br)c(Br)s1. The first kappa shape index (κ1) is 14.5. The van der Waals surface area contributed by atoms with Crippen molar-refractivity contribution in [2.24, 2.45) is 0 Å². The lowest BCUT2D eigenvalue weighted by molar-refractivity contribution is 0.209. The first-order valence-electron chi connectivity index (χ1n) is 5.27. The van der Waals surface area contributed by atoms with Crippen molar-refractivity contribution in [2.45, 2.75) is 26.0 Å². The Morgan fingerprint density at radius 3 is 2.61 bits per heavy atom. The Bertz CT molecular complexity index is 548. The molecule has 0 radical (unpaired) electrons. The van der Waals surface area contributed by atoms with E-state index in [2.05, 4.69) is 37.0 Å². The molecule has 0 aliphatic rings. The van der Waals surface area contributed by atoms with Crippen LogP contribution in [0.3, 0.4) is 0 Å². The summed E-state index contributed by atoms with van der Waals surface area (Å²) in [5, 5.41) is 15.1. The maximum atomic E-state index is 10.5. The number of aromatic nitrogens is 2. The Labute approximate surface area is 131 Å². The first-order valence-corrected chi connectivity index (χ1v) is 8.05. The van der Waals surface area contributed by atoms with Crippen molar-refractivity contribution in [3.8, 4) is 0 Å². The highest BCUT2D eigenvalue weighted by Crippen LogP contribution is 2.39. The summed E-state index contributed by atoms with van der Waals surface area (Å²) >= 11 is 14.4. The molecule has 3 nitrogen and oxygen atoms in total. The Kier molecular flexibility index (Phi) is 4.54. The molecule has 0 aliphatic heterocycles. The van der Waals surface area contributed by atoms with Crippen LogP contribution in [0.4, 0.5) is 0 Å². The molecule has 0 aromatic carbocycles. The summed E-state index contributed by atoms with van der Waals surface area (Å²) in [5.74, 6) is 0. The lowest BCUT2D eigenvalue weighted by Gasteiger charge is -2.15. The molecule has 1 unspecified atom stereocenters. The van der Waals surface area contributed by atoms with Gasteiger partial charge in [0, 0.05) is 15.4 Å². The fraction of sp³-hybridized carbons (Fsp3) is 0.364. The summed E-state index contributed by atoms with van der Waals surface area (Å²) in [6.07, 6.45) is 0.799. The van der Waals surface area contributed by atoms with Gasteiger partial charge in [-0.15, -0.1) is 11.3 Å². The molecule has 0 bridgehead atoms. The Morgan fingerprint density at radius 2 is 2.11 bits per heavy atom. The van der Waals surface area contributed by atoms with Crippen LogP contribution in [0, 0.1) is 0 Å². The summed E-state index contributed by atoms with van der Waals surface area (Å²) in [6, 6.07) is 2.03. The Balaban J connectivity index is 2.45. The zero-order valence-corrected chi connectivity index (χ0v) is 14.4. The molecule has 7 heteroatoms. The minimum atomic E-state index is -0.769. The molecular weight excluding hydrogens is 403 g/mol. The molecule has 0 aliphatic carbocycles. The van der Waals surface area contributed by atoms with E-state index in [-0.39, 0.29) is 6.04 Å². The minimum absolute atomic E-state index is 0.147. The van der Waals surface area contributed by atoms with E-state index in [9.17, 15) is 5.11 Å². The number of thiophene rings is 1. The zero-order valence-electron chi connectivity index (χ0n) is 9.69. The topological polar surface area (TPSA) is 38.0 Å². The van der Waals surface area contributed by atoms with Gasteiger partial charge in [0.15, 0.2) is 0 Å². The smallest absolute Gasteiger partial charge is 0.131 e. The fourth-order valence-corrected chi connectivity index (χ4v) is 3.96. The highest BCUT2D eigenvalue weighted by Gasteiger charge is 2.23. The van der Waals surface area contributed by atoms with Crippen LogP contribution >= 0.6 is 54.8 Å². The summed E-state index contributed by atoms with van der Waals surface area (Å²) in [7, 11) is 0. The predicted octanol–water partition coefficient (Wildman–Crippen LogP) is 4.79. The molecule has 1 N–H and O–H groups in total. The number of hydrogen-bond donors (Lipinski definition) is 1. The maximum absolute atomic E-state index is 10.5. The number of aliphatic hydroxyl groups is 1. The van der Waals surface area contributed by atoms with Crippen molar-refractivity contribution in [1.82, 2.24) is 9.78 Å². The van der Waals surface area contributed by atoms with Gasteiger partial charge in [0.2, 0.25) is 0 Å². The van der Waals surface area contributed by atoms with E-state index in [1.54, 1.807) is 10.9 Å². The van der Waals surface area contributed by atoms with Gasteiger partial charge in [0.1, 0.15) is 6.10 Å². The van der Waals surface area contributed by atoms with Crippen LogP contribution in [0.1, 0.15) is 36.6 Å². The third kappa shape index (κ3) is 2.67. The van der Waals surface area contributed by atoms with Gasteiger partial charge in [-0.1, -0.05) is 11.6 Å². The third-order valence-corrected chi connectivity index (χ3v) is 6.07. The maximum Gasteiger partial charge on any atom is 0.131 e. The van der Waals surface area contributed by atoms with Gasteiger partial charge in [0.25, 0.3) is 0 Å². The molecule has 0 saturated carbocycles. The van der Waals surface area contributed by atoms with Crippen LogP contribution in [0.2, 0.25) is 5.02 Å². The highest BCUT2D eigenvalue weighted by atomic mass is 79.9. The van der Waals surface area contributed by atoms with Crippen molar-refractivity contribution in [1.29, 1.82) is 0 Å². The highest BCUT2D eigenvalue weighted by molar-refractivity contribution is 9.13. The minimum Gasteiger partial charge on any atom is -0.381 e. The molecule has 0 amide bonds. The third-order valence-electron chi connectivity index (χ3n) is 2.47. The second-order valence-corrected chi connectivity index (χ2v) is 7.75. The van der Waals surface area contributed by atoms with Crippen LogP contribution in [0.15, 0.2) is 20.5 Å². The standard InChI is InChI=1S/C11H11Br2ClN2OS/c1-5(2)16-9(7(14)4-15-16)10(17)8-3-6(12)11(13)18-8/h3-5,10,17H,1-2H3. The van der Waals surface area contributed by atoms with Gasteiger partial charge >= 0.3 is 0 Å². The van der Waals surface area contributed by atoms with Crippen LogP contribution < -0.4 is 0 Å². The molecule has 2 aromatic rings. The second kappa shape index (κ2) is 5.63. The molecule has 2 heterocycles. The molecule has 0 fully saturated rings. The normalized spacial score (nSPS) is 13.3. The largest absolute Gasteiger partial charge is 0.381 e.